The second kappa shape index (κ2) is 6.60. The molecular formula is C26H16N2O4. The zero-order chi connectivity index (χ0) is 22.0. The summed E-state index contributed by atoms with van der Waals surface area (Å²) in [6, 6.07) is 24.1. The Morgan fingerprint density at radius 3 is 1.66 bits per heavy atom. The molecule has 3 amide bonds. The minimum Gasteiger partial charge on any atom is -0.369 e. The van der Waals surface area contributed by atoms with Gasteiger partial charge in [0.05, 0.1) is 5.69 Å². The van der Waals surface area contributed by atoms with Crippen LogP contribution in [0.5, 0.6) is 0 Å². The summed E-state index contributed by atoms with van der Waals surface area (Å²) in [6.45, 7) is 0. The normalized spacial score (nSPS) is 17.3. The van der Waals surface area contributed by atoms with Gasteiger partial charge in [0, 0.05) is 38.7 Å². The van der Waals surface area contributed by atoms with Gasteiger partial charge < -0.3 is 5.11 Å². The fourth-order valence-electron chi connectivity index (χ4n) is 4.64. The molecule has 6 heteroatoms. The summed E-state index contributed by atoms with van der Waals surface area (Å²) in [5.41, 5.74) is 2.54. The van der Waals surface area contributed by atoms with Crippen molar-refractivity contribution in [1.29, 1.82) is 0 Å². The van der Waals surface area contributed by atoms with Gasteiger partial charge in [-0.3, -0.25) is 19.3 Å². The van der Waals surface area contributed by atoms with Gasteiger partial charge >= 0.3 is 0 Å². The van der Waals surface area contributed by atoms with Crippen LogP contribution >= 0.6 is 0 Å². The molecule has 1 atom stereocenters. The van der Waals surface area contributed by atoms with E-state index in [4.69, 9.17) is 0 Å². The zero-order valence-corrected chi connectivity index (χ0v) is 16.7. The standard InChI is InChI=1S/C26H16N2O4/c29-23-17-11-13-19-22-20(26(32)28(25(19)31)16-9-5-2-6-10-16)14-12-18(21(17)22)24(30)27(23)15-7-3-1-4-8-15/h1-14,23,29H. The van der Waals surface area contributed by atoms with Crippen LogP contribution in [0.2, 0.25) is 0 Å². The molecule has 0 saturated heterocycles. The van der Waals surface area contributed by atoms with E-state index in [1.54, 1.807) is 72.8 Å². The molecule has 2 heterocycles. The Balaban J connectivity index is 1.58. The van der Waals surface area contributed by atoms with Crippen LogP contribution in [-0.2, 0) is 0 Å². The third-order valence-electron chi connectivity index (χ3n) is 6.08. The fraction of sp³-hybridized carbons (Fsp3) is 0.0385. The van der Waals surface area contributed by atoms with E-state index in [9.17, 15) is 19.5 Å². The number of imide groups is 1. The van der Waals surface area contributed by atoms with Crippen LogP contribution < -0.4 is 9.80 Å². The van der Waals surface area contributed by atoms with Crippen molar-refractivity contribution in [1.82, 2.24) is 0 Å². The number of aliphatic hydroxyl groups excluding tert-OH is 1. The Hall–Kier alpha value is -4.29. The van der Waals surface area contributed by atoms with Gasteiger partial charge in [0.15, 0.2) is 6.23 Å². The number of hydrogen-bond acceptors (Lipinski definition) is 4. The Morgan fingerprint density at radius 1 is 0.562 bits per heavy atom. The quantitative estimate of drug-likeness (QED) is 0.491. The van der Waals surface area contributed by atoms with E-state index < -0.39 is 18.0 Å². The maximum atomic E-state index is 13.4. The number of anilines is 2. The SMILES string of the molecule is O=C1c2ccc3c4c(ccc(c24)C(=O)N1c1ccccc1)C(O)N(c1ccccc1)C3=O. The first kappa shape index (κ1) is 18.5. The Labute approximate surface area is 182 Å². The van der Waals surface area contributed by atoms with Crippen LogP contribution in [0, 0.1) is 0 Å². The van der Waals surface area contributed by atoms with Crippen molar-refractivity contribution in [2.45, 2.75) is 6.23 Å². The first-order valence-corrected chi connectivity index (χ1v) is 10.2. The van der Waals surface area contributed by atoms with Gasteiger partial charge in [0.2, 0.25) is 0 Å². The van der Waals surface area contributed by atoms with Crippen LogP contribution in [0.15, 0.2) is 84.9 Å². The smallest absolute Gasteiger partial charge is 0.265 e. The van der Waals surface area contributed by atoms with E-state index in [0.717, 1.165) is 4.90 Å². The van der Waals surface area contributed by atoms with Gasteiger partial charge in [-0.25, -0.2) is 4.90 Å². The summed E-state index contributed by atoms with van der Waals surface area (Å²) >= 11 is 0. The van der Waals surface area contributed by atoms with Gasteiger partial charge in [0.25, 0.3) is 17.7 Å². The number of rotatable bonds is 2. The average Bonchev–Trinajstić information content (AvgIpc) is 2.83. The van der Waals surface area contributed by atoms with E-state index in [-0.39, 0.29) is 5.91 Å². The molecule has 0 fully saturated rings. The van der Waals surface area contributed by atoms with Gasteiger partial charge in [-0.05, 0) is 42.5 Å². The first-order valence-electron chi connectivity index (χ1n) is 10.2. The predicted molar refractivity (Wildman–Crippen MR) is 120 cm³/mol. The van der Waals surface area contributed by atoms with Crippen molar-refractivity contribution in [3.63, 3.8) is 0 Å². The molecule has 32 heavy (non-hydrogen) atoms. The van der Waals surface area contributed by atoms with Crippen LogP contribution in [0.3, 0.4) is 0 Å². The number of carbonyl (C=O) groups excluding carboxylic acids is 3. The first-order chi connectivity index (χ1) is 15.6. The molecule has 2 aliphatic heterocycles. The fourth-order valence-corrected chi connectivity index (χ4v) is 4.64. The Kier molecular flexibility index (Phi) is 3.81. The van der Waals surface area contributed by atoms with Crippen LogP contribution in [0.4, 0.5) is 11.4 Å². The summed E-state index contributed by atoms with van der Waals surface area (Å²) < 4.78 is 0. The monoisotopic (exact) mass is 420 g/mol. The molecule has 6 nitrogen and oxygen atoms in total. The number of amides is 3. The molecule has 0 aromatic heterocycles. The summed E-state index contributed by atoms with van der Waals surface area (Å²) in [5.74, 6) is -1.29. The zero-order valence-electron chi connectivity index (χ0n) is 16.7. The summed E-state index contributed by atoms with van der Waals surface area (Å²) in [6.07, 6.45) is -1.24. The third kappa shape index (κ3) is 2.35. The summed E-state index contributed by atoms with van der Waals surface area (Å²) in [4.78, 5) is 42.5. The topological polar surface area (TPSA) is 77.9 Å². The molecule has 0 spiro atoms. The highest BCUT2D eigenvalue weighted by molar-refractivity contribution is 6.37. The number of hydrogen-bond donors (Lipinski definition) is 1. The molecule has 0 saturated carbocycles. The van der Waals surface area contributed by atoms with Gasteiger partial charge in [-0.15, -0.1) is 0 Å². The van der Waals surface area contributed by atoms with E-state index in [2.05, 4.69) is 0 Å². The molecule has 6 rings (SSSR count). The Bertz CT molecular complexity index is 1430. The summed E-state index contributed by atoms with van der Waals surface area (Å²) in [7, 11) is 0. The van der Waals surface area contributed by atoms with Crippen LogP contribution in [0.25, 0.3) is 10.8 Å². The molecule has 4 aromatic rings. The second-order valence-electron chi connectivity index (χ2n) is 7.78. The van der Waals surface area contributed by atoms with Crippen molar-refractivity contribution in [2.24, 2.45) is 0 Å². The average molecular weight is 420 g/mol. The second-order valence-corrected chi connectivity index (χ2v) is 7.78. The number of carbonyl (C=O) groups is 3. The van der Waals surface area contributed by atoms with E-state index in [1.807, 2.05) is 12.1 Å². The molecule has 0 bridgehead atoms. The molecular weight excluding hydrogens is 404 g/mol. The van der Waals surface area contributed by atoms with Crippen LogP contribution in [-0.4, -0.2) is 22.8 Å². The Morgan fingerprint density at radius 2 is 1.06 bits per heavy atom. The van der Waals surface area contributed by atoms with Crippen molar-refractivity contribution < 1.29 is 19.5 Å². The van der Waals surface area contributed by atoms with Crippen molar-refractivity contribution >= 4 is 39.9 Å². The highest BCUT2D eigenvalue weighted by Gasteiger charge is 2.40. The van der Waals surface area contributed by atoms with Crippen molar-refractivity contribution in [3.05, 3.63) is 107 Å². The largest absolute Gasteiger partial charge is 0.369 e. The lowest BCUT2D eigenvalue weighted by Gasteiger charge is -2.36. The molecule has 2 aliphatic rings. The predicted octanol–water partition coefficient (Wildman–Crippen LogP) is 4.29. The van der Waals surface area contributed by atoms with Crippen molar-refractivity contribution in [3.8, 4) is 0 Å². The molecule has 4 aromatic carbocycles. The number of nitrogens with zero attached hydrogens (tertiary/aromatic N) is 2. The number of para-hydroxylation sites is 2. The minimum atomic E-state index is -1.24. The molecule has 1 unspecified atom stereocenters. The molecule has 1 N–H and O–H groups in total. The third-order valence-corrected chi connectivity index (χ3v) is 6.08. The number of benzene rings is 4. The lowest BCUT2D eigenvalue weighted by Crippen LogP contribution is -2.42. The van der Waals surface area contributed by atoms with E-state index >= 15 is 0 Å². The maximum Gasteiger partial charge on any atom is 0.265 e. The lowest BCUT2D eigenvalue weighted by molar-refractivity contribution is 0.0866. The van der Waals surface area contributed by atoms with E-state index in [0.29, 0.717) is 44.4 Å². The minimum absolute atomic E-state index is 0.331. The maximum absolute atomic E-state index is 13.4. The summed E-state index contributed by atoms with van der Waals surface area (Å²) in [5, 5.41) is 12.0. The van der Waals surface area contributed by atoms with Crippen LogP contribution in [0.1, 0.15) is 42.9 Å². The highest BCUT2D eigenvalue weighted by Crippen LogP contribution is 2.43. The van der Waals surface area contributed by atoms with Gasteiger partial charge in [-0.1, -0.05) is 42.5 Å². The van der Waals surface area contributed by atoms with Crippen molar-refractivity contribution in [2.75, 3.05) is 9.80 Å². The molecule has 0 radical (unpaired) electrons. The molecule has 0 aliphatic carbocycles. The van der Waals surface area contributed by atoms with E-state index in [1.165, 1.54) is 4.90 Å². The number of aliphatic hydroxyl groups is 1. The van der Waals surface area contributed by atoms with Gasteiger partial charge in [0.1, 0.15) is 0 Å². The lowest BCUT2D eigenvalue weighted by atomic mass is 9.85. The van der Waals surface area contributed by atoms with Gasteiger partial charge in [-0.2, -0.15) is 0 Å². The highest BCUT2D eigenvalue weighted by atomic mass is 16.3. The molecule has 154 valence electrons.